The fraction of sp³-hybridized carbons (Fsp3) is 0.235. The van der Waals surface area contributed by atoms with Gasteiger partial charge in [-0.3, -0.25) is 4.79 Å². The summed E-state index contributed by atoms with van der Waals surface area (Å²) in [6.45, 7) is 0.336. The Labute approximate surface area is 146 Å². The highest BCUT2D eigenvalue weighted by molar-refractivity contribution is 7.89. The normalized spacial score (nSPS) is 16.3. The standard InChI is InChI=1S/C17H18N2O5S/c1-18-17(20)12-6-8-14(9-7-12)25(21,22)19-10-13-11-23-15-4-2-3-5-16(15)24-13/h2-9,13,19H,10-11H2,1H3,(H,18,20)/t13-/m1/s1. The number of sulfonamides is 1. The molecule has 0 spiro atoms. The van der Waals surface area contributed by atoms with E-state index in [0.29, 0.717) is 17.1 Å². The molecule has 0 aliphatic carbocycles. The number of para-hydroxylation sites is 2. The molecule has 8 heteroatoms. The van der Waals surface area contributed by atoms with Crippen molar-refractivity contribution in [2.45, 2.75) is 11.0 Å². The summed E-state index contributed by atoms with van der Waals surface area (Å²) in [7, 11) is -2.19. The van der Waals surface area contributed by atoms with Gasteiger partial charge in [-0.15, -0.1) is 0 Å². The van der Waals surface area contributed by atoms with Crippen molar-refractivity contribution < 1.29 is 22.7 Å². The lowest BCUT2D eigenvalue weighted by Gasteiger charge is -2.26. The summed E-state index contributed by atoms with van der Waals surface area (Å²) in [5.41, 5.74) is 0.391. The molecule has 1 aliphatic rings. The Balaban J connectivity index is 1.63. The van der Waals surface area contributed by atoms with E-state index in [1.165, 1.54) is 31.3 Å². The van der Waals surface area contributed by atoms with E-state index in [1.54, 1.807) is 12.1 Å². The molecule has 0 bridgehead atoms. The van der Waals surface area contributed by atoms with Crippen molar-refractivity contribution in [1.82, 2.24) is 10.0 Å². The van der Waals surface area contributed by atoms with E-state index < -0.39 is 16.1 Å². The van der Waals surface area contributed by atoms with Crippen LogP contribution in [0.1, 0.15) is 10.4 Å². The van der Waals surface area contributed by atoms with Gasteiger partial charge in [0.25, 0.3) is 5.91 Å². The molecule has 25 heavy (non-hydrogen) atoms. The third kappa shape index (κ3) is 3.92. The highest BCUT2D eigenvalue weighted by Gasteiger charge is 2.23. The topological polar surface area (TPSA) is 93.7 Å². The Hall–Kier alpha value is -2.58. The van der Waals surface area contributed by atoms with Gasteiger partial charge < -0.3 is 14.8 Å². The molecule has 1 aliphatic heterocycles. The van der Waals surface area contributed by atoms with Gasteiger partial charge in [0.1, 0.15) is 12.7 Å². The molecule has 2 aromatic rings. The lowest BCUT2D eigenvalue weighted by molar-refractivity contribution is 0.0943. The molecule has 0 fully saturated rings. The van der Waals surface area contributed by atoms with Crippen molar-refractivity contribution >= 4 is 15.9 Å². The van der Waals surface area contributed by atoms with E-state index in [1.807, 2.05) is 12.1 Å². The molecule has 2 N–H and O–H groups in total. The summed E-state index contributed by atoms with van der Waals surface area (Å²) in [4.78, 5) is 11.6. The lowest BCUT2D eigenvalue weighted by Crippen LogP contribution is -2.40. The molecule has 1 amide bonds. The van der Waals surface area contributed by atoms with Crippen LogP contribution in [-0.2, 0) is 10.0 Å². The molecule has 1 atom stereocenters. The highest BCUT2D eigenvalue weighted by atomic mass is 32.2. The highest BCUT2D eigenvalue weighted by Crippen LogP contribution is 2.30. The molecule has 0 saturated heterocycles. The van der Waals surface area contributed by atoms with Gasteiger partial charge in [0.15, 0.2) is 11.5 Å². The lowest BCUT2D eigenvalue weighted by atomic mass is 10.2. The maximum Gasteiger partial charge on any atom is 0.251 e. The first-order valence-corrected chi connectivity index (χ1v) is 9.18. The molecule has 3 rings (SSSR count). The van der Waals surface area contributed by atoms with Crippen molar-refractivity contribution in [3.8, 4) is 11.5 Å². The molecule has 0 aromatic heterocycles. The minimum absolute atomic E-state index is 0.0772. The van der Waals surface area contributed by atoms with E-state index in [9.17, 15) is 13.2 Å². The van der Waals surface area contributed by atoms with Gasteiger partial charge in [-0.05, 0) is 36.4 Å². The quantitative estimate of drug-likeness (QED) is 0.833. The zero-order valence-electron chi connectivity index (χ0n) is 13.6. The van der Waals surface area contributed by atoms with Crippen LogP contribution in [0.25, 0.3) is 0 Å². The van der Waals surface area contributed by atoms with Crippen LogP contribution in [0.15, 0.2) is 53.4 Å². The first kappa shape index (κ1) is 17.2. The Morgan fingerprint density at radius 3 is 2.48 bits per heavy atom. The summed E-state index contributed by atoms with van der Waals surface area (Å²) >= 11 is 0. The average molecular weight is 362 g/mol. The fourth-order valence-electron chi connectivity index (χ4n) is 2.38. The summed E-state index contributed by atoms with van der Waals surface area (Å²) in [6.07, 6.45) is -0.421. The molecule has 0 saturated carbocycles. The predicted molar refractivity (Wildman–Crippen MR) is 91.4 cm³/mol. The van der Waals surface area contributed by atoms with Crippen LogP contribution in [0.2, 0.25) is 0 Å². The van der Waals surface area contributed by atoms with Gasteiger partial charge in [0.2, 0.25) is 10.0 Å². The second kappa shape index (κ2) is 7.12. The molecule has 7 nitrogen and oxygen atoms in total. The van der Waals surface area contributed by atoms with Gasteiger partial charge in [-0.1, -0.05) is 12.1 Å². The smallest absolute Gasteiger partial charge is 0.251 e. The molecule has 0 radical (unpaired) electrons. The number of fused-ring (bicyclic) bond motifs is 1. The zero-order chi connectivity index (χ0) is 17.9. The SMILES string of the molecule is CNC(=O)c1ccc(S(=O)(=O)NC[C@@H]2COc3ccccc3O2)cc1. The number of hydrogen-bond donors (Lipinski definition) is 2. The Morgan fingerprint density at radius 1 is 1.12 bits per heavy atom. The van der Waals surface area contributed by atoms with Crippen molar-refractivity contribution in [3.05, 3.63) is 54.1 Å². The minimum Gasteiger partial charge on any atom is -0.486 e. The van der Waals surface area contributed by atoms with E-state index in [-0.39, 0.29) is 24.0 Å². The second-order valence-corrected chi connectivity index (χ2v) is 7.22. The zero-order valence-corrected chi connectivity index (χ0v) is 14.4. The van der Waals surface area contributed by atoms with Crippen LogP contribution in [0, 0.1) is 0 Å². The van der Waals surface area contributed by atoms with Gasteiger partial charge in [0, 0.05) is 12.6 Å². The third-order valence-electron chi connectivity index (χ3n) is 3.72. The number of hydrogen-bond acceptors (Lipinski definition) is 5. The number of ether oxygens (including phenoxy) is 2. The first-order valence-electron chi connectivity index (χ1n) is 7.70. The van der Waals surface area contributed by atoms with E-state index in [4.69, 9.17) is 9.47 Å². The summed E-state index contributed by atoms with van der Waals surface area (Å²) < 4.78 is 38.5. The Morgan fingerprint density at radius 2 is 1.80 bits per heavy atom. The largest absolute Gasteiger partial charge is 0.486 e. The summed E-state index contributed by atoms with van der Waals surface area (Å²) in [6, 6.07) is 12.9. The van der Waals surface area contributed by atoms with Gasteiger partial charge in [0.05, 0.1) is 11.4 Å². The van der Waals surface area contributed by atoms with Crippen LogP contribution < -0.4 is 19.5 Å². The number of benzene rings is 2. The summed E-state index contributed by atoms with van der Waals surface area (Å²) in [5, 5.41) is 2.48. The van der Waals surface area contributed by atoms with E-state index in [0.717, 1.165) is 0 Å². The van der Waals surface area contributed by atoms with Crippen LogP contribution in [0.4, 0.5) is 0 Å². The number of carbonyl (C=O) groups excluding carboxylic acids is 1. The van der Waals surface area contributed by atoms with Gasteiger partial charge in [-0.25, -0.2) is 13.1 Å². The monoisotopic (exact) mass is 362 g/mol. The average Bonchev–Trinajstić information content (AvgIpc) is 2.65. The molecule has 1 heterocycles. The third-order valence-corrected chi connectivity index (χ3v) is 5.16. The Kier molecular flexibility index (Phi) is 4.91. The van der Waals surface area contributed by atoms with Gasteiger partial charge in [-0.2, -0.15) is 0 Å². The van der Waals surface area contributed by atoms with E-state index in [2.05, 4.69) is 10.0 Å². The molecule has 0 unspecified atom stereocenters. The van der Waals surface area contributed by atoms with Crippen LogP contribution in [0.5, 0.6) is 11.5 Å². The fourth-order valence-corrected chi connectivity index (χ4v) is 3.45. The summed E-state index contributed by atoms with van der Waals surface area (Å²) in [5.74, 6) is 0.961. The minimum atomic E-state index is -3.70. The molecule has 132 valence electrons. The first-order chi connectivity index (χ1) is 12.0. The maximum atomic E-state index is 12.4. The van der Waals surface area contributed by atoms with Crippen LogP contribution >= 0.6 is 0 Å². The maximum absolute atomic E-state index is 12.4. The van der Waals surface area contributed by atoms with Crippen molar-refractivity contribution in [2.75, 3.05) is 20.2 Å². The second-order valence-electron chi connectivity index (χ2n) is 5.45. The van der Waals surface area contributed by atoms with Gasteiger partial charge >= 0.3 is 0 Å². The molecular weight excluding hydrogens is 344 g/mol. The Bertz CT molecular complexity index is 865. The number of rotatable bonds is 5. The predicted octanol–water partition coefficient (Wildman–Crippen LogP) is 1.16. The van der Waals surface area contributed by atoms with Crippen LogP contribution in [-0.4, -0.2) is 40.6 Å². The van der Waals surface area contributed by atoms with E-state index >= 15 is 0 Å². The van der Waals surface area contributed by atoms with Crippen molar-refractivity contribution in [2.24, 2.45) is 0 Å². The number of amides is 1. The molecular formula is C17H18N2O5S. The number of nitrogens with one attached hydrogen (secondary N) is 2. The number of carbonyl (C=O) groups is 1. The van der Waals surface area contributed by atoms with Crippen LogP contribution in [0.3, 0.4) is 0 Å². The van der Waals surface area contributed by atoms with Crippen molar-refractivity contribution in [3.63, 3.8) is 0 Å². The molecule has 2 aromatic carbocycles. The van der Waals surface area contributed by atoms with Crippen molar-refractivity contribution in [1.29, 1.82) is 0 Å².